The van der Waals surface area contributed by atoms with Gasteiger partial charge in [0, 0.05) is 11.9 Å². The van der Waals surface area contributed by atoms with Crippen LogP contribution in [0.5, 0.6) is 0 Å². The van der Waals surface area contributed by atoms with Crippen LogP contribution in [0.2, 0.25) is 0 Å². The van der Waals surface area contributed by atoms with Crippen molar-refractivity contribution in [1.82, 2.24) is 20.2 Å². The van der Waals surface area contributed by atoms with E-state index in [1.807, 2.05) is 107 Å². The second-order valence-corrected chi connectivity index (χ2v) is 26.5. The third kappa shape index (κ3) is 31.8. The van der Waals surface area contributed by atoms with E-state index >= 15 is 0 Å². The van der Waals surface area contributed by atoms with E-state index in [0.29, 0.717) is 52.1 Å². The van der Waals surface area contributed by atoms with Crippen molar-refractivity contribution in [1.29, 1.82) is 0 Å². The third-order valence-corrected chi connectivity index (χ3v) is 14.9. The Balaban J connectivity index is 3.43. The molecule has 0 aliphatic heterocycles. The molecule has 0 aliphatic rings. The van der Waals surface area contributed by atoms with Crippen LogP contribution in [0.25, 0.3) is 0 Å². The number of amides is 3. The summed E-state index contributed by atoms with van der Waals surface area (Å²) in [6, 6.07) is 5.93. The number of carbonyl (C=O) groups excluding carboxylic acids is 3. The van der Waals surface area contributed by atoms with E-state index in [2.05, 4.69) is 76.1 Å². The molecule has 0 aliphatic carbocycles. The van der Waals surface area contributed by atoms with Gasteiger partial charge >= 0.3 is 0 Å². The SMILES string of the molecule is CC(C)(CCSSc1ccccn1)OCCC(C)(C)OCC(COC(C)(C)CCOC(C)(C)CC(=O)NP)(COC(C)(C)CCOC(C)(C)CC(=O)NP)COC(C)(C)CCOC(C)(C)CC(=O)NP. The minimum Gasteiger partial charge on any atom is -0.375 e. The molecular weight excluding hydrogens is 990 g/mol. The normalized spacial score (nSPS) is 13.6. The topological polar surface area (TPSA) is 174 Å². The number of hydrogen-bond donors (Lipinski definition) is 3. The summed E-state index contributed by atoms with van der Waals surface area (Å²) in [4.78, 5) is 40.9. The molecule has 1 rings (SSSR count). The molecule has 0 saturated carbocycles. The third-order valence-electron chi connectivity index (χ3n) is 11.7. The molecule has 3 atom stereocenters. The summed E-state index contributed by atoms with van der Waals surface area (Å²) >= 11 is 0. The summed E-state index contributed by atoms with van der Waals surface area (Å²) in [7, 11) is 10.2. The number of rotatable bonds is 39. The number of hydrogen-bond acceptors (Lipinski definition) is 14. The summed E-state index contributed by atoms with van der Waals surface area (Å²) in [5.74, 6) is 0.544. The van der Waals surface area contributed by atoms with Gasteiger partial charge in [0.2, 0.25) is 17.7 Å². The van der Waals surface area contributed by atoms with E-state index < -0.39 is 44.6 Å². The Morgan fingerprint density at radius 1 is 0.457 bits per heavy atom. The van der Waals surface area contributed by atoms with E-state index in [4.69, 9.17) is 37.9 Å². The number of nitrogens with zero attached hydrogens (tertiary/aromatic N) is 1. The smallest absolute Gasteiger partial charge is 0.225 e. The minimum absolute atomic E-state index is 0.123. The highest BCUT2D eigenvalue weighted by Crippen LogP contribution is 2.35. The number of nitrogens with one attached hydrogen (secondary N) is 3. The van der Waals surface area contributed by atoms with Crippen LogP contribution in [0.15, 0.2) is 29.4 Å². The maximum atomic E-state index is 12.2. The van der Waals surface area contributed by atoms with Crippen molar-refractivity contribution in [3.8, 4) is 0 Å². The molecule has 0 bridgehead atoms. The first-order valence-corrected chi connectivity index (χ1v) is 28.5. The molecule has 15 nitrogen and oxygen atoms in total. The van der Waals surface area contributed by atoms with Gasteiger partial charge in [-0.2, -0.15) is 0 Å². The van der Waals surface area contributed by atoms with E-state index in [1.54, 1.807) is 21.6 Å². The van der Waals surface area contributed by atoms with E-state index in [1.165, 1.54) is 0 Å². The quantitative estimate of drug-likeness (QED) is 0.0323. The standard InChI is InChI=1S/C50H95N4O11P3S2/c1-42(2,20-26-58-46(9,10)24-30-69-70-41-19-17-18-25-51-41)62-34-50(35-63-43(3,4)21-27-59-47(11,12)31-38(55)52-66,36-64-44(5,6)22-28-60-48(13,14)32-39(56)53-67)37-65-45(7,8)23-29-61-49(15,16)33-40(57)54-68/h17-19,25H,20-24,26-37,66-68H2,1-16H3,(H,52,55)(H,53,56)(H,54,57). The molecule has 0 fully saturated rings. The van der Waals surface area contributed by atoms with Gasteiger partial charge in [-0.15, -0.1) is 0 Å². The van der Waals surface area contributed by atoms with Crippen LogP contribution in [0, 0.1) is 5.41 Å². The fraction of sp³-hybridized carbons (Fsp3) is 0.840. The van der Waals surface area contributed by atoms with Gasteiger partial charge in [0.1, 0.15) is 5.03 Å². The highest BCUT2D eigenvalue weighted by molar-refractivity contribution is 8.76. The van der Waals surface area contributed by atoms with Crippen LogP contribution in [0.4, 0.5) is 0 Å². The molecule has 0 radical (unpaired) electrons. The maximum absolute atomic E-state index is 12.2. The molecule has 1 aromatic rings. The van der Waals surface area contributed by atoms with Crippen LogP contribution in [0.3, 0.4) is 0 Å². The number of carbonyl (C=O) groups is 3. The average molecular weight is 1090 g/mol. The highest BCUT2D eigenvalue weighted by Gasteiger charge is 2.41. The molecule has 3 amide bonds. The van der Waals surface area contributed by atoms with Crippen LogP contribution in [-0.2, 0) is 52.3 Å². The van der Waals surface area contributed by atoms with E-state index in [0.717, 1.165) is 17.2 Å². The highest BCUT2D eigenvalue weighted by atomic mass is 33.1. The Kier molecular flexibility index (Phi) is 29.5. The van der Waals surface area contributed by atoms with Gasteiger partial charge in [-0.1, -0.05) is 16.9 Å². The zero-order chi connectivity index (χ0) is 53.6. The fourth-order valence-electron chi connectivity index (χ4n) is 6.55. The summed E-state index contributed by atoms with van der Waals surface area (Å²) < 4.78 is 52.8. The molecule has 3 unspecified atom stereocenters. The Morgan fingerprint density at radius 2 is 0.757 bits per heavy atom. The van der Waals surface area contributed by atoms with Crippen molar-refractivity contribution in [3.05, 3.63) is 24.4 Å². The lowest BCUT2D eigenvalue weighted by Gasteiger charge is -2.42. The van der Waals surface area contributed by atoms with Crippen LogP contribution >= 0.6 is 49.8 Å². The summed E-state index contributed by atoms with van der Waals surface area (Å²) in [5.41, 5.74) is -5.71. The van der Waals surface area contributed by atoms with Gasteiger partial charge in [0.25, 0.3) is 0 Å². The summed E-state index contributed by atoms with van der Waals surface area (Å²) in [6.45, 7) is 34.5. The molecule has 70 heavy (non-hydrogen) atoms. The summed E-state index contributed by atoms with van der Waals surface area (Å²) in [5, 5.41) is 8.79. The monoisotopic (exact) mass is 1080 g/mol. The Hall–Kier alpha value is -0.770. The van der Waals surface area contributed by atoms with Crippen molar-refractivity contribution in [2.75, 3.05) is 58.6 Å². The van der Waals surface area contributed by atoms with Crippen molar-refractivity contribution in [2.45, 2.75) is 212 Å². The molecule has 1 aromatic heterocycles. The molecule has 0 spiro atoms. The van der Waals surface area contributed by atoms with Crippen LogP contribution in [0.1, 0.15) is 162 Å². The first-order valence-electron chi connectivity index (χ1n) is 24.4. The lowest BCUT2D eigenvalue weighted by atomic mass is 9.89. The first kappa shape index (κ1) is 67.2. The Morgan fingerprint density at radius 3 is 1.04 bits per heavy atom. The second-order valence-electron chi connectivity index (χ2n) is 23.2. The van der Waals surface area contributed by atoms with Crippen LogP contribution < -0.4 is 15.3 Å². The number of aromatic nitrogens is 1. The number of ether oxygens (including phenoxy) is 8. The molecule has 408 valence electrons. The van der Waals surface area contributed by atoms with Gasteiger partial charge in [0.15, 0.2) is 0 Å². The molecule has 0 saturated heterocycles. The van der Waals surface area contributed by atoms with E-state index in [-0.39, 0.29) is 69.0 Å². The van der Waals surface area contributed by atoms with Crippen LogP contribution in [-0.4, -0.2) is 126 Å². The molecular formula is C50H95N4O11P3S2. The maximum Gasteiger partial charge on any atom is 0.225 e. The van der Waals surface area contributed by atoms with E-state index in [9.17, 15) is 14.4 Å². The molecule has 20 heteroatoms. The predicted molar refractivity (Wildman–Crippen MR) is 296 cm³/mol. The Bertz CT molecular complexity index is 1560. The summed E-state index contributed by atoms with van der Waals surface area (Å²) in [6.07, 6.45) is 5.62. The first-order chi connectivity index (χ1) is 32.1. The predicted octanol–water partition coefficient (Wildman–Crippen LogP) is 10.0. The molecule has 3 N–H and O–H groups in total. The van der Waals surface area contributed by atoms with Gasteiger partial charge in [-0.25, -0.2) is 4.98 Å². The lowest BCUT2D eigenvalue weighted by molar-refractivity contribution is -0.197. The minimum atomic E-state index is -0.823. The van der Waals surface area contributed by atoms with Gasteiger partial charge < -0.3 is 53.2 Å². The fourth-order valence-corrected chi connectivity index (χ4v) is 9.03. The lowest BCUT2D eigenvalue weighted by Crippen LogP contribution is -2.49. The molecule has 1 heterocycles. The second kappa shape index (κ2) is 30.7. The van der Waals surface area contributed by atoms with Crippen molar-refractivity contribution < 1.29 is 52.3 Å². The van der Waals surface area contributed by atoms with Gasteiger partial charge in [0.05, 0.1) is 122 Å². The molecule has 0 aromatic carbocycles. The average Bonchev–Trinajstić information content (AvgIpc) is 3.23. The van der Waals surface area contributed by atoms with Gasteiger partial charge in [-0.05, 0) is 194 Å². The largest absolute Gasteiger partial charge is 0.375 e. The van der Waals surface area contributed by atoms with Crippen molar-refractivity contribution in [2.24, 2.45) is 5.41 Å². The Labute approximate surface area is 438 Å². The zero-order valence-electron chi connectivity index (χ0n) is 45.8. The zero-order valence-corrected chi connectivity index (χ0v) is 50.9. The van der Waals surface area contributed by atoms with Crippen molar-refractivity contribution in [3.63, 3.8) is 0 Å². The van der Waals surface area contributed by atoms with Gasteiger partial charge in [-0.3, -0.25) is 14.4 Å². The van der Waals surface area contributed by atoms with Crippen molar-refractivity contribution >= 4 is 67.5 Å². The number of pyridine rings is 1.